The highest BCUT2D eigenvalue weighted by Gasteiger charge is 2.55. The minimum atomic E-state index is -0.989. The van der Waals surface area contributed by atoms with Crippen molar-refractivity contribution in [3.05, 3.63) is 28.2 Å². The molecule has 0 aliphatic carbocycles. The zero-order valence-electron chi connectivity index (χ0n) is 10.9. The smallest absolute Gasteiger partial charge is 0.310 e. The van der Waals surface area contributed by atoms with Gasteiger partial charge in [-0.25, -0.2) is 0 Å². The quantitative estimate of drug-likeness (QED) is 0.894. The van der Waals surface area contributed by atoms with Gasteiger partial charge in [0, 0.05) is 5.69 Å². The molecule has 1 amide bonds. The van der Waals surface area contributed by atoms with E-state index >= 15 is 0 Å². The summed E-state index contributed by atoms with van der Waals surface area (Å²) in [4.78, 5) is 23.7. The fraction of sp³-hybridized carbons (Fsp3) is 0.429. The first-order valence-corrected chi connectivity index (χ1v) is 7.37. The van der Waals surface area contributed by atoms with Gasteiger partial charge in [-0.3, -0.25) is 9.59 Å². The van der Waals surface area contributed by atoms with Crippen molar-refractivity contribution in [2.45, 2.75) is 25.0 Å². The van der Waals surface area contributed by atoms with E-state index in [1.54, 1.807) is 12.1 Å². The average molecular weight is 330 g/mol. The molecule has 0 saturated carbocycles. The number of amides is 1. The Morgan fingerprint density at radius 3 is 2.43 bits per heavy atom. The zero-order chi connectivity index (χ0) is 15.1. The van der Waals surface area contributed by atoms with E-state index in [0.29, 0.717) is 28.6 Å². The van der Waals surface area contributed by atoms with Crippen LogP contribution in [0.5, 0.6) is 0 Å². The van der Waals surface area contributed by atoms with Gasteiger partial charge in [-0.1, -0.05) is 23.2 Å². The molecule has 0 spiro atoms. The molecule has 1 aromatic carbocycles. The summed E-state index contributed by atoms with van der Waals surface area (Å²) in [6, 6.07) is 4.73. The molecule has 1 aromatic rings. The molecule has 2 saturated heterocycles. The van der Waals surface area contributed by atoms with Crippen LogP contribution < -0.4 is 5.32 Å². The number of aliphatic carboxylic acids is 1. The van der Waals surface area contributed by atoms with Crippen molar-refractivity contribution in [1.82, 2.24) is 0 Å². The molecule has 0 radical (unpaired) electrons. The van der Waals surface area contributed by atoms with E-state index < -0.39 is 17.8 Å². The number of fused-ring (bicyclic) bond motifs is 2. The molecule has 0 aromatic heterocycles. The van der Waals surface area contributed by atoms with Crippen molar-refractivity contribution in [1.29, 1.82) is 0 Å². The van der Waals surface area contributed by atoms with Gasteiger partial charge in [0.15, 0.2) is 0 Å². The molecule has 4 atom stereocenters. The average Bonchev–Trinajstić information content (AvgIpc) is 3.03. The number of carbonyl (C=O) groups is 2. The summed E-state index contributed by atoms with van der Waals surface area (Å²) >= 11 is 11.7. The Kier molecular flexibility index (Phi) is 3.82. The summed E-state index contributed by atoms with van der Waals surface area (Å²) < 4.78 is 5.57. The second kappa shape index (κ2) is 5.48. The number of nitrogens with one attached hydrogen (secondary N) is 1. The van der Waals surface area contributed by atoms with Crippen LogP contribution in [0.25, 0.3) is 0 Å². The lowest BCUT2D eigenvalue weighted by Crippen LogP contribution is -2.40. The molecule has 5 nitrogen and oxygen atoms in total. The Morgan fingerprint density at radius 2 is 1.81 bits per heavy atom. The molecule has 2 fully saturated rings. The highest BCUT2D eigenvalue weighted by atomic mass is 35.5. The van der Waals surface area contributed by atoms with Gasteiger partial charge in [-0.2, -0.15) is 0 Å². The fourth-order valence-electron chi connectivity index (χ4n) is 3.12. The molecule has 112 valence electrons. The number of carboxylic acid groups (broad SMARTS) is 1. The van der Waals surface area contributed by atoms with Gasteiger partial charge in [0.2, 0.25) is 5.91 Å². The van der Waals surface area contributed by atoms with E-state index in [4.69, 9.17) is 27.9 Å². The van der Waals surface area contributed by atoms with Crippen molar-refractivity contribution in [2.24, 2.45) is 11.8 Å². The Labute approximate surface area is 131 Å². The van der Waals surface area contributed by atoms with Crippen LogP contribution >= 0.6 is 23.2 Å². The highest BCUT2D eigenvalue weighted by molar-refractivity contribution is 6.42. The van der Waals surface area contributed by atoms with Crippen molar-refractivity contribution < 1.29 is 19.4 Å². The minimum absolute atomic E-state index is 0.320. The molecule has 3 rings (SSSR count). The van der Waals surface area contributed by atoms with Crippen LogP contribution in [0.1, 0.15) is 12.8 Å². The molecule has 21 heavy (non-hydrogen) atoms. The number of halogens is 2. The number of anilines is 1. The number of carboxylic acids is 1. The first-order valence-electron chi connectivity index (χ1n) is 6.61. The van der Waals surface area contributed by atoms with Crippen LogP contribution in [-0.4, -0.2) is 29.2 Å². The number of carbonyl (C=O) groups excluding carboxylic acids is 1. The molecule has 2 N–H and O–H groups in total. The van der Waals surface area contributed by atoms with Gasteiger partial charge in [0.25, 0.3) is 0 Å². The number of hydrogen-bond donors (Lipinski definition) is 2. The van der Waals surface area contributed by atoms with E-state index in [0.717, 1.165) is 0 Å². The molecule has 2 heterocycles. The first-order chi connectivity index (χ1) is 9.97. The Hall–Kier alpha value is -1.30. The van der Waals surface area contributed by atoms with Crippen LogP contribution in [0, 0.1) is 11.8 Å². The van der Waals surface area contributed by atoms with Gasteiger partial charge in [0.1, 0.15) is 0 Å². The number of rotatable bonds is 3. The summed E-state index contributed by atoms with van der Waals surface area (Å²) in [5.74, 6) is -2.80. The summed E-state index contributed by atoms with van der Waals surface area (Å²) in [5, 5.41) is 12.7. The third kappa shape index (κ3) is 2.61. The molecule has 2 aliphatic rings. The van der Waals surface area contributed by atoms with Crippen molar-refractivity contribution >= 4 is 40.8 Å². The third-order valence-electron chi connectivity index (χ3n) is 4.05. The molecule has 0 unspecified atom stereocenters. The minimum Gasteiger partial charge on any atom is -0.481 e. The Bertz CT molecular complexity index is 607. The number of hydrogen-bond acceptors (Lipinski definition) is 3. The standard InChI is InChI=1S/C14H13Cl2NO4/c15-7-2-1-6(5-8(7)16)17-13(18)11-9-3-4-10(21-9)12(11)14(19)20/h1-2,5,9-12H,3-4H2,(H,17,18)(H,19,20)/t9-,10+,11+,12-/m1/s1. The van der Waals surface area contributed by atoms with Crippen molar-refractivity contribution in [2.75, 3.05) is 5.32 Å². The maximum Gasteiger partial charge on any atom is 0.310 e. The van der Waals surface area contributed by atoms with E-state index in [1.165, 1.54) is 6.07 Å². The summed E-state index contributed by atoms with van der Waals surface area (Å²) in [5.41, 5.74) is 0.487. The lowest BCUT2D eigenvalue weighted by Gasteiger charge is -2.23. The molecular formula is C14H13Cl2NO4. The van der Waals surface area contributed by atoms with Crippen LogP contribution in [0.3, 0.4) is 0 Å². The van der Waals surface area contributed by atoms with Crippen LogP contribution in [0.4, 0.5) is 5.69 Å². The molecule has 2 aliphatic heterocycles. The summed E-state index contributed by atoms with van der Waals surface area (Å²) in [7, 11) is 0. The molecule has 2 bridgehead atoms. The maximum absolute atomic E-state index is 12.4. The maximum atomic E-state index is 12.4. The normalized spacial score (nSPS) is 30.4. The van der Waals surface area contributed by atoms with Gasteiger partial charge in [-0.05, 0) is 31.0 Å². The van der Waals surface area contributed by atoms with E-state index in [9.17, 15) is 14.7 Å². The highest BCUT2D eigenvalue weighted by Crippen LogP contribution is 2.44. The predicted octanol–water partition coefficient (Wildman–Crippen LogP) is 2.81. The summed E-state index contributed by atoms with van der Waals surface area (Å²) in [6.45, 7) is 0. The lowest BCUT2D eigenvalue weighted by atomic mass is 9.78. The van der Waals surface area contributed by atoms with Crippen molar-refractivity contribution in [3.8, 4) is 0 Å². The molecule has 7 heteroatoms. The Morgan fingerprint density at radius 1 is 1.14 bits per heavy atom. The second-order valence-corrected chi connectivity index (χ2v) is 6.11. The van der Waals surface area contributed by atoms with Gasteiger partial charge < -0.3 is 15.2 Å². The first kappa shape index (κ1) is 14.6. The largest absolute Gasteiger partial charge is 0.481 e. The van der Waals surface area contributed by atoms with Crippen molar-refractivity contribution in [3.63, 3.8) is 0 Å². The van der Waals surface area contributed by atoms with E-state index in [1.807, 2.05) is 0 Å². The number of benzene rings is 1. The molecular weight excluding hydrogens is 317 g/mol. The SMILES string of the molecule is O=C(Nc1ccc(Cl)c(Cl)c1)[C@@H]1[C@H](C(=O)O)[C@@H]2CC[C@H]1O2. The van der Waals surface area contributed by atoms with E-state index in [-0.39, 0.29) is 18.1 Å². The third-order valence-corrected chi connectivity index (χ3v) is 4.79. The zero-order valence-corrected chi connectivity index (χ0v) is 12.4. The summed E-state index contributed by atoms with van der Waals surface area (Å²) in [6.07, 6.45) is 0.724. The fourth-order valence-corrected chi connectivity index (χ4v) is 3.42. The predicted molar refractivity (Wildman–Crippen MR) is 77.6 cm³/mol. The number of ether oxygens (including phenoxy) is 1. The van der Waals surface area contributed by atoms with Crippen LogP contribution in [-0.2, 0) is 14.3 Å². The monoisotopic (exact) mass is 329 g/mol. The lowest BCUT2D eigenvalue weighted by molar-refractivity contribution is -0.147. The topological polar surface area (TPSA) is 75.6 Å². The Balaban J connectivity index is 1.78. The second-order valence-electron chi connectivity index (χ2n) is 5.30. The van der Waals surface area contributed by atoms with Crippen LogP contribution in [0.2, 0.25) is 10.0 Å². The van der Waals surface area contributed by atoms with Crippen LogP contribution in [0.15, 0.2) is 18.2 Å². The van der Waals surface area contributed by atoms with E-state index in [2.05, 4.69) is 5.32 Å². The van der Waals surface area contributed by atoms with Gasteiger partial charge in [-0.15, -0.1) is 0 Å². The van der Waals surface area contributed by atoms with Gasteiger partial charge in [0.05, 0.1) is 34.1 Å². The van der Waals surface area contributed by atoms with Gasteiger partial charge >= 0.3 is 5.97 Å².